The van der Waals surface area contributed by atoms with Crippen LogP contribution in [0.5, 0.6) is 0 Å². The van der Waals surface area contributed by atoms with E-state index in [1.165, 1.54) is 32.6 Å². The van der Waals surface area contributed by atoms with Crippen molar-refractivity contribution in [3.8, 4) is 0 Å². The van der Waals surface area contributed by atoms with Crippen molar-refractivity contribution in [2.75, 3.05) is 0 Å². The Labute approximate surface area is 151 Å². The van der Waals surface area contributed by atoms with Crippen molar-refractivity contribution in [1.82, 2.24) is 0 Å². The Morgan fingerprint density at radius 3 is 2.40 bits per heavy atom. The van der Waals surface area contributed by atoms with Crippen molar-refractivity contribution in [3.05, 3.63) is 0 Å². The summed E-state index contributed by atoms with van der Waals surface area (Å²) in [5.41, 5.74) is 0.924. The first kappa shape index (κ1) is 16.3. The van der Waals surface area contributed by atoms with Gasteiger partial charge in [-0.2, -0.15) is 0 Å². The Morgan fingerprint density at radius 2 is 1.80 bits per heavy atom. The van der Waals surface area contributed by atoms with Gasteiger partial charge in [-0.3, -0.25) is 4.79 Å². The molecule has 9 atom stereocenters. The third-order valence-corrected chi connectivity index (χ3v) is 10.1. The minimum Gasteiger partial charge on any atom is -0.462 e. The quantitative estimate of drug-likeness (QED) is 0.551. The molecule has 0 amide bonds. The van der Waals surface area contributed by atoms with E-state index in [9.17, 15) is 9.59 Å². The van der Waals surface area contributed by atoms with Crippen LogP contribution < -0.4 is 0 Å². The molecule has 0 saturated heterocycles. The first-order chi connectivity index (χ1) is 11.7. The van der Waals surface area contributed by atoms with Gasteiger partial charge in [-0.25, -0.2) is 0 Å². The van der Waals surface area contributed by atoms with E-state index in [4.69, 9.17) is 4.74 Å². The molecule has 6 fully saturated rings. The molecule has 6 aliphatic carbocycles. The maximum Gasteiger partial charge on any atom is 0.302 e. The van der Waals surface area contributed by atoms with Crippen molar-refractivity contribution in [1.29, 1.82) is 0 Å². The molecule has 0 N–H and O–H groups in total. The number of rotatable bonds is 2. The Morgan fingerprint density at radius 1 is 1.04 bits per heavy atom. The van der Waals surface area contributed by atoms with E-state index in [-0.39, 0.29) is 17.5 Å². The molecule has 0 aromatic carbocycles. The summed E-state index contributed by atoms with van der Waals surface area (Å²) in [6, 6.07) is 0. The number of ether oxygens (including phenoxy) is 1. The Hall–Kier alpha value is -0.860. The van der Waals surface area contributed by atoms with Crippen LogP contribution in [0.15, 0.2) is 0 Å². The second-order valence-electron chi connectivity index (χ2n) is 11.0. The molecule has 25 heavy (non-hydrogen) atoms. The maximum absolute atomic E-state index is 12.3. The predicted octanol–water partition coefficient (Wildman–Crippen LogP) is 4.39. The highest BCUT2D eigenvalue weighted by molar-refractivity contribution is 5.68. The number of aldehydes is 1. The molecule has 4 bridgehead atoms. The average Bonchev–Trinajstić information content (AvgIpc) is 3.00. The van der Waals surface area contributed by atoms with Gasteiger partial charge >= 0.3 is 5.97 Å². The smallest absolute Gasteiger partial charge is 0.302 e. The lowest BCUT2D eigenvalue weighted by Gasteiger charge is -2.65. The van der Waals surface area contributed by atoms with E-state index in [1.54, 1.807) is 0 Å². The molecule has 0 radical (unpaired) electrons. The van der Waals surface area contributed by atoms with E-state index in [1.807, 2.05) is 0 Å². The zero-order valence-electron chi connectivity index (χ0n) is 16.1. The molecule has 0 aromatic rings. The molecule has 0 heterocycles. The van der Waals surface area contributed by atoms with Crippen molar-refractivity contribution in [2.24, 2.45) is 45.3 Å². The van der Waals surface area contributed by atoms with Crippen molar-refractivity contribution >= 4 is 12.3 Å². The Kier molecular flexibility index (Phi) is 2.95. The van der Waals surface area contributed by atoms with Crippen LogP contribution in [0, 0.1) is 45.3 Å². The Balaban J connectivity index is 1.51. The molecular weight excluding hydrogens is 312 g/mol. The van der Waals surface area contributed by atoms with Gasteiger partial charge in [0, 0.05) is 6.92 Å². The second kappa shape index (κ2) is 4.51. The highest BCUT2D eigenvalue weighted by atomic mass is 16.5. The summed E-state index contributed by atoms with van der Waals surface area (Å²) in [5.74, 6) is 2.83. The van der Waals surface area contributed by atoms with Crippen LogP contribution in [-0.4, -0.2) is 18.4 Å². The molecule has 138 valence electrons. The van der Waals surface area contributed by atoms with Crippen molar-refractivity contribution < 1.29 is 14.3 Å². The lowest BCUT2D eigenvalue weighted by atomic mass is 9.39. The number of hydrogen-bond donors (Lipinski definition) is 0. The molecule has 6 aliphatic rings. The first-order valence-corrected chi connectivity index (χ1v) is 10.3. The van der Waals surface area contributed by atoms with Gasteiger partial charge in [0.05, 0.1) is 5.41 Å². The standard InChI is InChI=1S/C22H32O3/c1-13(24)25-18-6-7-19(2)16(21(18,4)12-23)5-8-22-10-15-14(9-17(19)22)20(15,3)11-22/h12,14-18H,5-11H2,1-4H3/t14-,15+,16-,17-,18+,19+,20-,21-,22+/m0/s1. The van der Waals surface area contributed by atoms with Gasteiger partial charge in [-0.1, -0.05) is 13.8 Å². The summed E-state index contributed by atoms with van der Waals surface area (Å²) in [5, 5.41) is 0. The Bertz CT molecular complexity index is 658. The van der Waals surface area contributed by atoms with Gasteiger partial charge in [0.2, 0.25) is 0 Å². The van der Waals surface area contributed by atoms with Gasteiger partial charge in [-0.15, -0.1) is 0 Å². The van der Waals surface area contributed by atoms with Crippen molar-refractivity contribution in [3.63, 3.8) is 0 Å². The van der Waals surface area contributed by atoms with Crippen LogP contribution in [0.25, 0.3) is 0 Å². The maximum atomic E-state index is 12.3. The lowest BCUT2D eigenvalue weighted by Crippen LogP contribution is -2.62. The fraction of sp³-hybridized carbons (Fsp3) is 0.909. The minimum atomic E-state index is -0.520. The van der Waals surface area contributed by atoms with Gasteiger partial charge in [0.25, 0.3) is 0 Å². The summed E-state index contributed by atoms with van der Waals surface area (Å²) >= 11 is 0. The van der Waals surface area contributed by atoms with Crippen LogP contribution in [-0.2, 0) is 14.3 Å². The fourth-order valence-corrected chi connectivity index (χ4v) is 9.10. The summed E-state index contributed by atoms with van der Waals surface area (Å²) in [7, 11) is 0. The largest absolute Gasteiger partial charge is 0.462 e. The summed E-state index contributed by atoms with van der Waals surface area (Å²) in [4.78, 5) is 23.8. The molecular formula is C22H32O3. The highest BCUT2D eigenvalue weighted by Crippen LogP contribution is 2.85. The zero-order chi connectivity index (χ0) is 17.8. The molecule has 6 rings (SSSR count). The van der Waals surface area contributed by atoms with Gasteiger partial charge in [0.15, 0.2) is 0 Å². The van der Waals surface area contributed by atoms with E-state index in [2.05, 4.69) is 20.8 Å². The second-order valence-corrected chi connectivity index (χ2v) is 11.0. The molecule has 1 spiro atoms. The molecule has 6 saturated carbocycles. The van der Waals surface area contributed by atoms with Gasteiger partial charge in [-0.05, 0) is 91.8 Å². The van der Waals surface area contributed by atoms with Crippen LogP contribution >= 0.6 is 0 Å². The highest BCUT2D eigenvalue weighted by Gasteiger charge is 2.78. The first-order valence-electron chi connectivity index (χ1n) is 10.3. The number of carbonyl (C=O) groups is 2. The van der Waals surface area contributed by atoms with Gasteiger partial charge in [0.1, 0.15) is 12.4 Å². The third kappa shape index (κ3) is 1.74. The molecule has 3 heteroatoms. The molecule has 3 nitrogen and oxygen atoms in total. The zero-order valence-corrected chi connectivity index (χ0v) is 16.1. The predicted molar refractivity (Wildman–Crippen MR) is 94.7 cm³/mol. The number of hydrogen-bond acceptors (Lipinski definition) is 3. The summed E-state index contributed by atoms with van der Waals surface area (Å²) < 4.78 is 5.64. The van der Waals surface area contributed by atoms with Crippen LogP contribution in [0.1, 0.15) is 72.6 Å². The van der Waals surface area contributed by atoms with E-state index in [0.717, 1.165) is 43.3 Å². The summed E-state index contributed by atoms with van der Waals surface area (Å²) in [6.45, 7) is 8.56. The molecule has 0 aromatic heterocycles. The average molecular weight is 344 g/mol. The third-order valence-electron chi connectivity index (χ3n) is 10.1. The topological polar surface area (TPSA) is 43.4 Å². The van der Waals surface area contributed by atoms with Crippen molar-refractivity contribution in [2.45, 2.75) is 78.7 Å². The van der Waals surface area contributed by atoms with Gasteiger partial charge < -0.3 is 9.53 Å². The number of esters is 1. The fourth-order valence-electron chi connectivity index (χ4n) is 9.10. The van der Waals surface area contributed by atoms with E-state index >= 15 is 0 Å². The number of carbonyl (C=O) groups excluding carboxylic acids is 2. The lowest BCUT2D eigenvalue weighted by molar-refractivity contribution is -0.203. The minimum absolute atomic E-state index is 0.236. The van der Waals surface area contributed by atoms with E-state index in [0.29, 0.717) is 16.7 Å². The van der Waals surface area contributed by atoms with E-state index < -0.39 is 5.41 Å². The SMILES string of the molecule is CC(=O)O[C@@H]1CC[C@@]2(C)[C@@H]3C[C@H]4[C@H]5C[C@]3(CC[C@@H]2[C@]1(C)C=O)C[C@]54C. The normalized spacial score (nSPS) is 61.0. The molecule has 0 unspecified atom stereocenters. The monoisotopic (exact) mass is 344 g/mol. The van der Waals surface area contributed by atoms with Crippen LogP contribution in [0.2, 0.25) is 0 Å². The number of fused-ring (bicyclic) bond motifs is 1. The summed E-state index contributed by atoms with van der Waals surface area (Å²) in [6.07, 6.45) is 9.55. The van der Waals surface area contributed by atoms with Crippen LogP contribution in [0.3, 0.4) is 0 Å². The molecule has 0 aliphatic heterocycles. The van der Waals surface area contributed by atoms with Crippen LogP contribution in [0.4, 0.5) is 0 Å².